The fourth-order valence-electron chi connectivity index (χ4n) is 1.88. The second-order valence-corrected chi connectivity index (χ2v) is 5.32. The maximum absolute atomic E-state index is 12.1. The zero-order valence-corrected chi connectivity index (χ0v) is 13.4. The Balaban J connectivity index is 4.39. The zero-order valence-electron chi connectivity index (χ0n) is 13.4. The highest BCUT2D eigenvalue weighted by Gasteiger charge is 2.21. The standard InChI is InChI=1S/C14H28N2O5/c1-11(2)9-12(13(17)18)10-15-14(19)16(5-7-20-3)6-8-21-4/h11-12H,5-10H2,1-4H3,(H,15,19)(H,17,18). The molecule has 1 unspecified atom stereocenters. The van der Waals surface area contributed by atoms with Crippen LogP contribution in [-0.2, 0) is 14.3 Å². The molecule has 0 aliphatic carbocycles. The van der Waals surface area contributed by atoms with Crippen molar-refractivity contribution in [3.05, 3.63) is 0 Å². The lowest BCUT2D eigenvalue weighted by molar-refractivity contribution is -0.142. The van der Waals surface area contributed by atoms with Gasteiger partial charge in [0.25, 0.3) is 0 Å². The van der Waals surface area contributed by atoms with Gasteiger partial charge in [-0.25, -0.2) is 4.79 Å². The Bertz CT molecular complexity index is 302. The van der Waals surface area contributed by atoms with E-state index in [-0.39, 0.29) is 18.5 Å². The number of carboxylic acid groups (broad SMARTS) is 1. The van der Waals surface area contributed by atoms with Gasteiger partial charge in [-0.15, -0.1) is 0 Å². The zero-order chi connectivity index (χ0) is 16.3. The highest BCUT2D eigenvalue weighted by molar-refractivity contribution is 5.76. The van der Waals surface area contributed by atoms with Gasteiger partial charge in [0, 0.05) is 33.9 Å². The fraction of sp³-hybridized carbons (Fsp3) is 0.857. The molecule has 0 aliphatic rings. The van der Waals surface area contributed by atoms with Gasteiger partial charge in [-0.05, 0) is 12.3 Å². The van der Waals surface area contributed by atoms with Gasteiger partial charge < -0.3 is 24.8 Å². The maximum Gasteiger partial charge on any atom is 0.317 e. The Morgan fingerprint density at radius 1 is 1.14 bits per heavy atom. The molecule has 0 aliphatic heterocycles. The summed E-state index contributed by atoms with van der Waals surface area (Å²) < 4.78 is 9.92. The highest BCUT2D eigenvalue weighted by atomic mass is 16.5. The molecule has 1 atom stereocenters. The summed E-state index contributed by atoms with van der Waals surface area (Å²) in [6.45, 7) is 5.77. The van der Waals surface area contributed by atoms with E-state index in [0.29, 0.717) is 32.7 Å². The molecule has 0 spiro atoms. The molecule has 7 nitrogen and oxygen atoms in total. The van der Waals surface area contributed by atoms with Crippen LogP contribution in [0.25, 0.3) is 0 Å². The second-order valence-electron chi connectivity index (χ2n) is 5.32. The average Bonchev–Trinajstić information content (AvgIpc) is 2.42. The van der Waals surface area contributed by atoms with E-state index in [1.54, 1.807) is 19.1 Å². The van der Waals surface area contributed by atoms with Gasteiger partial charge in [0.05, 0.1) is 19.1 Å². The van der Waals surface area contributed by atoms with Crippen LogP contribution in [0.4, 0.5) is 4.79 Å². The van der Waals surface area contributed by atoms with Crippen molar-refractivity contribution >= 4 is 12.0 Å². The number of carboxylic acids is 1. The Morgan fingerprint density at radius 3 is 2.05 bits per heavy atom. The number of aliphatic carboxylic acids is 1. The minimum atomic E-state index is -0.885. The number of carbonyl (C=O) groups is 2. The van der Waals surface area contributed by atoms with Crippen molar-refractivity contribution in [2.75, 3.05) is 47.1 Å². The van der Waals surface area contributed by atoms with E-state index in [0.717, 1.165) is 0 Å². The average molecular weight is 304 g/mol. The summed E-state index contributed by atoms with van der Waals surface area (Å²) in [6, 6.07) is -0.292. The number of urea groups is 1. The van der Waals surface area contributed by atoms with Gasteiger partial charge in [-0.2, -0.15) is 0 Å². The van der Waals surface area contributed by atoms with Gasteiger partial charge in [-0.3, -0.25) is 4.79 Å². The number of ether oxygens (including phenoxy) is 2. The van der Waals surface area contributed by atoms with Crippen LogP contribution in [0.1, 0.15) is 20.3 Å². The topological polar surface area (TPSA) is 88.1 Å². The predicted octanol–water partition coefficient (Wildman–Crippen LogP) is 1.04. The molecule has 0 aromatic rings. The van der Waals surface area contributed by atoms with Crippen molar-refractivity contribution in [1.82, 2.24) is 10.2 Å². The minimum Gasteiger partial charge on any atom is -0.481 e. The van der Waals surface area contributed by atoms with E-state index in [1.165, 1.54) is 0 Å². The van der Waals surface area contributed by atoms with E-state index < -0.39 is 11.9 Å². The van der Waals surface area contributed by atoms with Crippen molar-refractivity contribution < 1.29 is 24.2 Å². The summed E-state index contributed by atoms with van der Waals surface area (Å²) in [5.41, 5.74) is 0. The summed E-state index contributed by atoms with van der Waals surface area (Å²) >= 11 is 0. The number of amides is 2. The first kappa shape index (κ1) is 19.7. The van der Waals surface area contributed by atoms with Gasteiger partial charge >= 0.3 is 12.0 Å². The van der Waals surface area contributed by atoms with Gasteiger partial charge in [0.15, 0.2) is 0 Å². The summed E-state index contributed by atoms with van der Waals surface area (Å²) in [7, 11) is 3.13. The lowest BCUT2D eigenvalue weighted by atomic mass is 9.97. The third-order valence-corrected chi connectivity index (χ3v) is 3.02. The monoisotopic (exact) mass is 304 g/mol. The number of nitrogens with one attached hydrogen (secondary N) is 1. The number of methoxy groups -OCH3 is 2. The first-order valence-corrected chi connectivity index (χ1v) is 7.15. The van der Waals surface area contributed by atoms with Crippen molar-refractivity contribution in [1.29, 1.82) is 0 Å². The molecule has 7 heteroatoms. The number of nitrogens with zero attached hydrogens (tertiary/aromatic N) is 1. The van der Waals surface area contributed by atoms with Gasteiger partial charge in [0.2, 0.25) is 0 Å². The number of hydrogen-bond donors (Lipinski definition) is 2. The minimum absolute atomic E-state index is 0.128. The number of carbonyl (C=O) groups excluding carboxylic acids is 1. The van der Waals surface area contributed by atoms with Crippen LogP contribution < -0.4 is 5.32 Å². The van der Waals surface area contributed by atoms with Crippen LogP contribution in [0.2, 0.25) is 0 Å². The molecule has 0 aromatic heterocycles. The predicted molar refractivity (Wildman–Crippen MR) is 79.3 cm³/mol. The lowest BCUT2D eigenvalue weighted by Crippen LogP contribution is -2.45. The largest absolute Gasteiger partial charge is 0.481 e. The summed E-state index contributed by atoms with van der Waals surface area (Å²) in [5.74, 6) is -1.19. The molecule has 0 fully saturated rings. The first-order chi connectivity index (χ1) is 9.92. The second kappa shape index (κ2) is 11.3. The van der Waals surface area contributed by atoms with Crippen molar-refractivity contribution in [3.63, 3.8) is 0 Å². The molecule has 0 heterocycles. The van der Waals surface area contributed by atoms with E-state index in [1.807, 2.05) is 13.8 Å². The summed E-state index contributed by atoms with van der Waals surface area (Å²) in [4.78, 5) is 24.8. The third-order valence-electron chi connectivity index (χ3n) is 3.02. The molecule has 0 rings (SSSR count). The van der Waals surface area contributed by atoms with E-state index in [4.69, 9.17) is 14.6 Å². The Kier molecular flexibility index (Phi) is 10.6. The molecule has 0 aromatic carbocycles. The Labute approximate surface area is 126 Å². The van der Waals surface area contributed by atoms with Crippen LogP contribution in [-0.4, -0.2) is 69.1 Å². The number of hydrogen-bond acceptors (Lipinski definition) is 4. The smallest absolute Gasteiger partial charge is 0.317 e. The van der Waals surface area contributed by atoms with E-state index in [2.05, 4.69) is 5.32 Å². The quantitative estimate of drug-likeness (QED) is 0.595. The molecule has 2 amide bonds. The first-order valence-electron chi connectivity index (χ1n) is 7.15. The molecule has 21 heavy (non-hydrogen) atoms. The Hall–Kier alpha value is -1.34. The maximum atomic E-state index is 12.1. The van der Waals surface area contributed by atoms with E-state index in [9.17, 15) is 9.59 Å². The molecule has 0 bridgehead atoms. The van der Waals surface area contributed by atoms with Crippen molar-refractivity contribution in [2.45, 2.75) is 20.3 Å². The fourth-order valence-corrected chi connectivity index (χ4v) is 1.88. The normalized spacial score (nSPS) is 12.2. The van der Waals surface area contributed by atoms with Gasteiger partial charge in [-0.1, -0.05) is 13.8 Å². The van der Waals surface area contributed by atoms with Gasteiger partial charge in [0.1, 0.15) is 0 Å². The highest BCUT2D eigenvalue weighted by Crippen LogP contribution is 2.11. The van der Waals surface area contributed by atoms with Crippen LogP contribution in [0.15, 0.2) is 0 Å². The van der Waals surface area contributed by atoms with Crippen molar-refractivity contribution in [3.8, 4) is 0 Å². The molecular weight excluding hydrogens is 276 g/mol. The van der Waals surface area contributed by atoms with Crippen molar-refractivity contribution in [2.24, 2.45) is 11.8 Å². The molecule has 0 saturated carbocycles. The Morgan fingerprint density at radius 2 is 1.67 bits per heavy atom. The summed E-state index contributed by atoms with van der Waals surface area (Å²) in [5, 5.41) is 11.8. The molecular formula is C14H28N2O5. The van der Waals surface area contributed by atoms with E-state index >= 15 is 0 Å². The number of rotatable bonds is 11. The van der Waals surface area contributed by atoms with Crippen LogP contribution in [0.5, 0.6) is 0 Å². The third kappa shape index (κ3) is 9.25. The lowest BCUT2D eigenvalue weighted by Gasteiger charge is -2.24. The molecule has 0 saturated heterocycles. The van der Waals surface area contributed by atoms with Crippen LogP contribution in [0.3, 0.4) is 0 Å². The van der Waals surface area contributed by atoms with Crippen LogP contribution >= 0.6 is 0 Å². The molecule has 0 radical (unpaired) electrons. The van der Waals surface area contributed by atoms with Crippen LogP contribution in [0, 0.1) is 11.8 Å². The summed E-state index contributed by atoms with van der Waals surface area (Å²) in [6.07, 6.45) is 0.533. The SMILES string of the molecule is COCCN(CCOC)C(=O)NCC(CC(C)C)C(=O)O. The molecule has 124 valence electrons. The molecule has 2 N–H and O–H groups in total.